The maximum Gasteiger partial charge on any atom is 0.319 e. The Morgan fingerprint density at radius 2 is 1.80 bits per heavy atom. The minimum atomic E-state index is -0.238. The molecule has 1 saturated heterocycles. The molecule has 1 fully saturated rings. The number of fused-ring (bicyclic) bond motifs is 1. The van der Waals surface area contributed by atoms with Gasteiger partial charge >= 0.3 is 6.03 Å². The van der Waals surface area contributed by atoms with Crippen molar-refractivity contribution in [2.24, 2.45) is 0 Å². The van der Waals surface area contributed by atoms with Gasteiger partial charge in [0.05, 0.1) is 0 Å². The second-order valence-corrected chi connectivity index (χ2v) is 9.09. The molecule has 0 aliphatic carbocycles. The number of aromatic nitrogens is 2. The van der Waals surface area contributed by atoms with Crippen molar-refractivity contribution in [1.29, 1.82) is 0 Å². The van der Waals surface area contributed by atoms with Crippen molar-refractivity contribution in [1.82, 2.24) is 24.5 Å². The van der Waals surface area contributed by atoms with Crippen LogP contribution in [0.15, 0.2) is 55.0 Å². The lowest BCUT2D eigenvalue weighted by Gasteiger charge is -2.33. The Balaban J connectivity index is 1.21. The van der Waals surface area contributed by atoms with Gasteiger partial charge in [-0.1, -0.05) is 26.0 Å². The molecular weight excluding hydrogens is 440 g/mol. The number of nitrogens with zero attached hydrogens (tertiary/aromatic N) is 4. The van der Waals surface area contributed by atoms with Gasteiger partial charge in [-0.15, -0.1) is 0 Å². The van der Waals surface area contributed by atoms with Crippen LogP contribution >= 0.6 is 0 Å². The molecule has 2 aromatic heterocycles. The second-order valence-electron chi connectivity index (χ2n) is 9.09. The number of hydrogen-bond donors (Lipinski definition) is 2. The molecule has 3 heterocycles. The summed E-state index contributed by atoms with van der Waals surface area (Å²) >= 11 is 0. The van der Waals surface area contributed by atoms with Crippen molar-refractivity contribution in [3.05, 3.63) is 66.1 Å². The van der Waals surface area contributed by atoms with E-state index in [0.717, 1.165) is 62.5 Å². The zero-order valence-electron chi connectivity index (χ0n) is 20.7. The largest absolute Gasteiger partial charge is 0.343 e. The van der Waals surface area contributed by atoms with Crippen molar-refractivity contribution in [2.45, 2.75) is 45.6 Å². The summed E-state index contributed by atoms with van der Waals surface area (Å²) in [6.45, 7) is 9.14. The lowest BCUT2D eigenvalue weighted by molar-refractivity contribution is -0.132. The smallest absolute Gasteiger partial charge is 0.319 e. The highest BCUT2D eigenvalue weighted by Gasteiger charge is 2.23. The molecule has 1 aliphatic rings. The van der Waals surface area contributed by atoms with Crippen molar-refractivity contribution >= 4 is 23.3 Å². The number of likely N-dealkylation sites (tertiary alicyclic amines) is 1. The molecule has 8 heteroatoms. The van der Waals surface area contributed by atoms with E-state index < -0.39 is 0 Å². The molecule has 4 rings (SSSR count). The molecule has 0 unspecified atom stereocenters. The fourth-order valence-corrected chi connectivity index (χ4v) is 4.67. The number of pyridine rings is 1. The average molecular weight is 477 g/mol. The van der Waals surface area contributed by atoms with Crippen molar-refractivity contribution in [3.63, 3.8) is 0 Å². The molecule has 0 saturated carbocycles. The van der Waals surface area contributed by atoms with E-state index in [2.05, 4.69) is 46.5 Å². The van der Waals surface area contributed by atoms with Gasteiger partial charge in [-0.3, -0.25) is 4.79 Å². The van der Waals surface area contributed by atoms with Crippen molar-refractivity contribution < 1.29 is 9.59 Å². The topological polar surface area (TPSA) is 82.0 Å². The van der Waals surface area contributed by atoms with Crippen LogP contribution in [0.1, 0.15) is 50.2 Å². The Hall–Kier alpha value is -3.39. The summed E-state index contributed by atoms with van der Waals surface area (Å²) in [5.41, 5.74) is 3.88. The van der Waals surface area contributed by atoms with E-state index in [1.54, 1.807) is 6.20 Å². The van der Waals surface area contributed by atoms with Gasteiger partial charge in [-0.05, 0) is 67.2 Å². The van der Waals surface area contributed by atoms with Crippen LogP contribution in [-0.2, 0) is 11.3 Å². The Morgan fingerprint density at radius 1 is 1.06 bits per heavy atom. The first-order valence-corrected chi connectivity index (χ1v) is 12.6. The highest BCUT2D eigenvalue weighted by atomic mass is 16.2. The highest BCUT2D eigenvalue weighted by Crippen LogP contribution is 2.29. The molecule has 0 radical (unpaired) electrons. The first-order chi connectivity index (χ1) is 17.1. The van der Waals surface area contributed by atoms with Gasteiger partial charge < -0.3 is 24.8 Å². The Bertz CT molecular complexity index is 1110. The third-order valence-corrected chi connectivity index (χ3v) is 6.94. The summed E-state index contributed by atoms with van der Waals surface area (Å²) < 4.78 is 1.93. The third kappa shape index (κ3) is 6.60. The van der Waals surface area contributed by atoms with Gasteiger partial charge in [0.25, 0.3) is 0 Å². The predicted octanol–water partition coefficient (Wildman–Crippen LogP) is 4.09. The zero-order chi connectivity index (χ0) is 24.6. The van der Waals surface area contributed by atoms with E-state index in [1.165, 1.54) is 5.56 Å². The van der Waals surface area contributed by atoms with Crippen LogP contribution in [0.25, 0.3) is 5.65 Å². The number of imidazole rings is 1. The lowest BCUT2D eigenvalue weighted by Crippen LogP contribution is -2.39. The van der Waals surface area contributed by atoms with Gasteiger partial charge in [0.2, 0.25) is 5.91 Å². The van der Waals surface area contributed by atoms with Gasteiger partial charge in [0.15, 0.2) is 0 Å². The Morgan fingerprint density at radius 3 is 2.51 bits per heavy atom. The monoisotopic (exact) mass is 476 g/mol. The summed E-state index contributed by atoms with van der Waals surface area (Å²) in [6.07, 6.45) is 8.13. The number of anilines is 1. The number of carbonyl (C=O) groups excluding carboxylic acids is 2. The van der Waals surface area contributed by atoms with Gasteiger partial charge in [0, 0.05) is 56.9 Å². The summed E-state index contributed by atoms with van der Waals surface area (Å²) in [5.74, 6) is 0.716. The number of urea groups is 1. The molecule has 35 heavy (non-hydrogen) atoms. The fraction of sp³-hybridized carbons (Fsp3) is 0.444. The number of rotatable bonds is 9. The fourth-order valence-electron chi connectivity index (χ4n) is 4.67. The summed E-state index contributed by atoms with van der Waals surface area (Å²) in [4.78, 5) is 33.5. The normalized spacial score (nSPS) is 14.4. The van der Waals surface area contributed by atoms with Gasteiger partial charge in [0.1, 0.15) is 5.65 Å². The lowest BCUT2D eigenvalue weighted by atomic mass is 9.89. The maximum absolute atomic E-state index is 12.6. The number of hydrogen-bond acceptors (Lipinski definition) is 4. The van der Waals surface area contributed by atoms with Crippen LogP contribution in [0.5, 0.6) is 0 Å². The molecule has 0 bridgehead atoms. The van der Waals surface area contributed by atoms with Crippen molar-refractivity contribution in [2.75, 3.05) is 38.0 Å². The van der Waals surface area contributed by atoms with Crippen LogP contribution in [0.4, 0.5) is 10.5 Å². The predicted molar refractivity (Wildman–Crippen MR) is 138 cm³/mol. The molecule has 1 aliphatic heterocycles. The van der Waals surface area contributed by atoms with Crippen LogP contribution in [0.2, 0.25) is 0 Å². The van der Waals surface area contributed by atoms with Crippen LogP contribution < -0.4 is 10.6 Å². The molecule has 3 aromatic rings. The molecule has 2 N–H and O–H groups in total. The molecule has 8 nitrogen and oxygen atoms in total. The molecule has 0 spiro atoms. The molecule has 186 valence electrons. The van der Waals surface area contributed by atoms with E-state index >= 15 is 0 Å². The Labute approximate surface area is 207 Å². The maximum atomic E-state index is 12.6. The Kier molecular flexibility index (Phi) is 8.36. The number of nitrogens with one attached hydrogen (secondary N) is 2. The minimum Gasteiger partial charge on any atom is -0.343 e. The molecular formula is C27H36N6O2. The van der Waals surface area contributed by atoms with Crippen LogP contribution in [0.3, 0.4) is 0 Å². The second kappa shape index (κ2) is 11.8. The SMILES string of the molecule is CCN(CC)CCC(=O)N1CCC(c2ccc(NC(=O)NCc3ccn4ccnc4c3)cc2)CC1. The minimum absolute atomic E-state index is 0.238. The average Bonchev–Trinajstić information content (AvgIpc) is 3.36. The van der Waals surface area contributed by atoms with E-state index in [0.29, 0.717) is 18.9 Å². The summed E-state index contributed by atoms with van der Waals surface area (Å²) in [7, 11) is 0. The molecule has 3 amide bonds. The van der Waals surface area contributed by atoms with E-state index in [-0.39, 0.29) is 11.9 Å². The van der Waals surface area contributed by atoms with Crippen molar-refractivity contribution in [3.8, 4) is 0 Å². The highest BCUT2D eigenvalue weighted by molar-refractivity contribution is 5.89. The number of carbonyl (C=O) groups is 2. The first kappa shape index (κ1) is 24.7. The van der Waals surface area contributed by atoms with Gasteiger partial charge in [-0.2, -0.15) is 0 Å². The summed E-state index contributed by atoms with van der Waals surface area (Å²) in [6, 6.07) is 11.8. The summed E-state index contributed by atoms with van der Waals surface area (Å²) in [5, 5.41) is 5.80. The first-order valence-electron chi connectivity index (χ1n) is 12.6. The van der Waals surface area contributed by atoms with E-state index in [4.69, 9.17) is 0 Å². The standard InChI is InChI=1S/C27H36N6O2/c1-3-31(4-2)14-12-26(34)33-16-10-23(11-17-33)22-5-7-24(8-6-22)30-27(35)29-20-21-9-15-32-18-13-28-25(32)19-21/h5-9,13,15,18-19,23H,3-4,10-12,14,16-17,20H2,1-2H3,(H2,29,30,35). The van der Waals surface area contributed by atoms with Gasteiger partial charge in [-0.25, -0.2) is 9.78 Å². The van der Waals surface area contributed by atoms with Crippen LogP contribution in [-0.4, -0.2) is 63.8 Å². The third-order valence-electron chi connectivity index (χ3n) is 6.94. The quantitative estimate of drug-likeness (QED) is 0.487. The number of piperidine rings is 1. The number of benzene rings is 1. The van der Waals surface area contributed by atoms with E-state index in [9.17, 15) is 9.59 Å². The number of amides is 3. The van der Waals surface area contributed by atoms with E-state index in [1.807, 2.05) is 46.0 Å². The molecule has 1 aromatic carbocycles. The van der Waals surface area contributed by atoms with Crippen LogP contribution in [0, 0.1) is 0 Å². The zero-order valence-corrected chi connectivity index (χ0v) is 20.7. The molecule has 0 atom stereocenters.